The van der Waals surface area contributed by atoms with Crippen molar-refractivity contribution in [2.45, 2.75) is 18.5 Å². The highest BCUT2D eigenvalue weighted by molar-refractivity contribution is 6.31. The van der Waals surface area contributed by atoms with Crippen LogP contribution in [0.4, 0.5) is 14.5 Å². The minimum atomic E-state index is -0.890. The molecule has 0 radical (unpaired) electrons. The summed E-state index contributed by atoms with van der Waals surface area (Å²) in [6.07, 6.45) is 0.758. The van der Waals surface area contributed by atoms with Gasteiger partial charge in [0.25, 0.3) is 0 Å². The topological polar surface area (TPSA) is 68.2 Å². The second-order valence-electron chi connectivity index (χ2n) is 6.72. The van der Waals surface area contributed by atoms with Gasteiger partial charge < -0.3 is 10.6 Å². The number of hydrogen-bond acceptors (Lipinski definition) is 4. The van der Waals surface area contributed by atoms with Crippen LogP contribution in [-0.2, 0) is 4.79 Å². The third kappa shape index (κ3) is 4.47. The summed E-state index contributed by atoms with van der Waals surface area (Å²) in [6, 6.07) is 10.2. The van der Waals surface area contributed by atoms with E-state index in [0.717, 1.165) is 19.0 Å². The molecule has 0 saturated carbocycles. The molecule has 1 amide bonds. The number of rotatable bonds is 5. The summed E-state index contributed by atoms with van der Waals surface area (Å²) in [7, 11) is 1.90. The zero-order valence-electron chi connectivity index (χ0n) is 15.2. The number of halogens is 3. The second-order valence-corrected chi connectivity index (χ2v) is 7.16. The molecule has 2 atom stereocenters. The van der Waals surface area contributed by atoms with Crippen LogP contribution in [0.25, 0.3) is 0 Å². The summed E-state index contributed by atoms with van der Waals surface area (Å²) in [5, 5.41) is 15.4. The minimum absolute atomic E-state index is 0.00999. The maximum Gasteiger partial charge on any atom is 0.238 e. The van der Waals surface area contributed by atoms with Gasteiger partial charge in [0, 0.05) is 23.7 Å². The molecule has 8 heteroatoms. The summed E-state index contributed by atoms with van der Waals surface area (Å²) >= 11 is 5.93. The molecule has 0 aliphatic carbocycles. The van der Waals surface area contributed by atoms with E-state index < -0.39 is 11.6 Å². The van der Waals surface area contributed by atoms with Crippen molar-refractivity contribution in [2.75, 3.05) is 25.5 Å². The van der Waals surface area contributed by atoms with E-state index >= 15 is 0 Å². The Bertz CT molecular complexity index is 931. The molecule has 146 valence electrons. The van der Waals surface area contributed by atoms with E-state index in [1.165, 1.54) is 18.2 Å². The molecule has 1 fully saturated rings. The van der Waals surface area contributed by atoms with Crippen molar-refractivity contribution in [3.63, 3.8) is 0 Å². The lowest BCUT2D eigenvalue weighted by Crippen LogP contribution is -2.39. The van der Waals surface area contributed by atoms with E-state index in [1.807, 2.05) is 18.0 Å². The van der Waals surface area contributed by atoms with Crippen LogP contribution in [0.1, 0.15) is 23.6 Å². The molecular formula is C20H19ClF2N4O. The fourth-order valence-corrected chi connectivity index (χ4v) is 3.65. The van der Waals surface area contributed by atoms with E-state index in [4.69, 9.17) is 16.9 Å². The van der Waals surface area contributed by atoms with Gasteiger partial charge in [0.1, 0.15) is 6.07 Å². The number of anilines is 1. The molecule has 5 nitrogen and oxygen atoms in total. The number of benzene rings is 2. The molecule has 0 aromatic heterocycles. The van der Waals surface area contributed by atoms with Crippen LogP contribution < -0.4 is 10.6 Å². The zero-order valence-corrected chi connectivity index (χ0v) is 15.9. The third-order valence-electron chi connectivity index (χ3n) is 4.83. The van der Waals surface area contributed by atoms with Crippen LogP contribution in [0.15, 0.2) is 36.4 Å². The first-order valence-corrected chi connectivity index (χ1v) is 9.15. The predicted molar refractivity (Wildman–Crippen MR) is 103 cm³/mol. The van der Waals surface area contributed by atoms with Crippen molar-refractivity contribution in [1.29, 1.82) is 5.26 Å². The van der Waals surface area contributed by atoms with E-state index in [1.54, 1.807) is 12.1 Å². The summed E-state index contributed by atoms with van der Waals surface area (Å²) in [5.41, 5.74) is 1.32. The molecular weight excluding hydrogens is 386 g/mol. The highest BCUT2D eigenvalue weighted by atomic mass is 35.5. The van der Waals surface area contributed by atoms with E-state index in [2.05, 4.69) is 10.6 Å². The Labute approximate surface area is 166 Å². The first kappa shape index (κ1) is 20.2. The van der Waals surface area contributed by atoms with Crippen molar-refractivity contribution >= 4 is 23.2 Å². The van der Waals surface area contributed by atoms with E-state index in [0.29, 0.717) is 21.8 Å². The van der Waals surface area contributed by atoms with Gasteiger partial charge in [0.05, 0.1) is 17.8 Å². The number of likely N-dealkylation sites (tertiary alicyclic amines) is 1. The summed E-state index contributed by atoms with van der Waals surface area (Å²) < 4.78 is 26.9. The van der Waals surface area contributed by atoms with Gasteiger partial charge >= 0.3 is 0 Å². The lowest BCUT2D eigenvalue weighted by molar-refractivity contribution is -0.115. The molecule has 1 heterocycles. The van der Waals surface area contributed by atoms with Crippen molar-refractivity contribution < 1.29 is 13.6 Å². The summed E-state index contributed by atoms with van der Waals surface area (Å²) in [4.78, 5) is 14.4. The lowest BCUT2D eigenvalue weighted by Gasteiger charge is -2.26. The maximum atomic E-state index is 13.6. The van der Waals surface area contributed by atoms with Crippen molar-refractivity contribution in [2.24, 2.45) is 0 Å². The normalized spacial score (nSPS) is 19.4. The number of nitrogens with one attached hydrogen (secondary N) is 2. The average Bonchev–Trinajstić information content (AvgIpc) is 3.03. The van der Waals surface area contributed by atoms with Gasteiger partial charge in [0.2, 0.25) is 5.91 Å². The van der Waals surface area contributed by atoms with Crippen molar-refractivity contribution in [1.82, 2.24) is 10.2 Å². The Morgan fingerprint density at radius 3 is 2.79 bits per heavy atom. The smallest absolute Gasteiger partial charge is 0.238 e. The largest absolute Gasteiger partial charge is 0.324 e. The number of carbonyl (C=O) groups is 1. The third-order valence-corrected chi connectivity index (χ3v) is 5.07. The van der Waals surface area contributed by atoms with Gasteiger partial charge in [-0.05, 0) is 49.4 Å². The standard InChI is InChI=1S/C20H19ClF2N4O/c1-27-7-6-17(20(27)12-3-5-15(22)16(23)8-12)25-11-19(28)26-18-9-14(21)4-2-13(18)10-24/h2-5,8-9,17,20,25H,6-7,11H2,1H3,(H,26,28). The maximum absolute atomic E-state index is 13.6. The molecule has 2 unspecified atom stereocenters. The van der Waals surface area contributed by atoms with E-state index in [-0.39, 0.29) is 24.5 Å². The number of likely N-dealkylation sites (N-methyl/N-ethyl adjacent to an activating group) is 1. The van der Waals surface area contributed by atoms with Crippen LogP contribution in [0.5, 0.6) is 0 Å². The Hall–Kier alpha value is -2.53. The highest BCUT2D eigenvalue weighted by Crippen LogP contribution is 2.31. The van der Waals surface area contributed by atoms with Crippen molar-refractivity contribution in [3.05, 3.63) is 64.2 Å². The van der Waals surface area contributed by atoms with Gasteiger partial charge in [-0.3, -0.25) is 9.69 Å². The molecule has 1 aliphatic rings. The van der Waals surface area contributed by atoms with E-state index in [9.17, 15) is 13.6 Å². The van der Waals surface area contributed by atoms with Crippen molar-refractivity contribution in [3.8, 4) is 6.07 Å². The van der Waals surface area contributed by atoms with Crippen LogP contribution in [0, 0.1) is 23.0 Å². The van der Waals surface area contributed by atoms with Crippen LogP contribution in [0.2, 0.25) is 5.02 Å². The SMILES string of the molecule is CN1CCC(NCC(=O)Nc2cc(Cl)ccc2C#N)C1c1ccc(F)c(F)c1. The highest BCUT2D eigenvalue weighted by Gasteiger charge is 2.33. The molecule has 1 saturated heterocycles. The monoisotopic (exact) mass is 404 g/mol. The molecule has 0 bridgehead atoms. The quantitative estimate of drug-likeness (QED) is 0.800. The number of nitrogens with zero attached hydrogens (tertiary/aromatic N) is 2. The van der Waals surface area contributed by atoms with Crippen LogP contribution in [0.3, 0.4) is 0 Å². The first-order chi connectivity index (χ1) is 13.4. The Morgan fingerprint density at radius 1 is 1.29 bits per heavy atom. The van der Waals surface area contributed by atoms with Gasteiger partial charge in [-0.15, -0.1) is 0 Å². The zero-order chi connectivity index (χ0) is 20.3. The van der Waals surface area contributed by atoms with Crippen LogP contribution >= 0.6 is 11.6 Å². The molecule has 1 aliphatic heterocycles. The summed E-state index contributed by atoms with van der Waals surface area (Å²) in [6.45, 7) is 0.770. The predicted octanol–water partition coefficient (Wildman–Crippen LogP) is 3.46. The Balaban J connectivity index is 1.66. The van der Waals surface area contributed by atoms with Gasteiger partial charge in [-0.2, -0.15) is 5.26 Å². The Kier molecular flexibility index (Phi) is 6.25. The molecule has 28 heavy (non-hydrogen) atoms. The molecule has 0 spiro atoms. The van der Waals surface area contributed by atoms with Gasteiger partial charge in [-0.25, -0.2) is 8.78 Å². The fraction of sp³-hybridized carbons (Fsp3) is 0.300. The second kappa shape index (κ2) is 8.65. The molecule has 2 aromatic rings. The molecule has 3 rings (SSSR count). The van der Waals surface area contributed by atoms with Gasteiger partial charge in [0.15, 0.2) is 11.6 Å². The first-order valence-electron chi connectivity index (χ1n) is 8.77. The molecule has 2 N–H and O–H groups in total. The van der Waals surface area contributed by atoms with Crippen LogP contribution in [-0.4, -0.2) is 37.0 Å². The Morgan fingerprint density at radius 2 is 2.07 bits per heavy atom. The fourth-order valence-electron chi connectivity index (χ4n) is 3.48. The molecule has 2 aromatic carbocycles. The minimum Gasteiger partial charge on any atom is -0.324 e. The summed E-state index contributed by atoms with van der Waals surface area (Å²) in [5.74, 6) is -2.10. The number of hydrogen-bond donors (Lipinski definition) is 2. The average molecular weight is 405 g/mol. The number of carbonyl (C=O) groups excluding carboxylic acids is 1. The lowest BCUT2D eigenvalue weighted by atomic mass is 10.00. The number of nitriles is 1. The number of amides is 1. The van der Waals surface area contributed by atoms with Gasteiger partial charge in [-0.1, -0.05) is 17.7 Å².